The quantitative estimate of drug-likeness (QED) is 0.370. The highest BCUT2D eigenvalue weighted by Crippen LogP contribution is 2.29. The van der Waals surface area contributed by atoms with Gasteiger partial charge in [-0.15, -0.1) is 0 Å². The summed E-state index contributed by atoms with van der Waals surface area (Å²) in [5, 5.41) is 9.68. The van der Waals surface area contributed by atoms with Crippen LogP contribution in [-0.4, -0.2) is 58.2 Å². The summed E-state index contributed by atoms with van der Waals surface area (Å²) in [7, 11) is 1.53. The average Bonchev–Trinajstić information content (AvgIpc) is 3.47. The number of halogens is 1. The van der Waals surface area contributed by atoms with Crippen molar-refractivity contribution in [1.29, 1.82) is 0 Å². The summed E-state index contributed by atoms with van der Waals surface area (Å²) in [6, 6.07) is 4.98. The Labute approximate surface area is 196 Å². The van der Waals surface area contributed by atoms with Crippen molar-refractivity contribution in [2.24, 2.45) is 0 Å². The molecule has 0 unspecified atom stereocenters. The Bertz CT molecular complexity index is 1100. The van der Waals surface area contributed by atoms with Crippen LogP contribution in [0.25, 0.3) is 11.0 Å². The summed E-state index contributed by atoms with van der Waals surface area (Å²) in [4.78, 5) is 24.6. The van der Waals surface area contributed by atoms with Gasteiger partial charge >= 0.3 is 0 Å². The average molecular weight is 475 g/mol. The van der Waals surface area contributed by atoms with Crippen molar-refractivity contribution >= 4 is 46.1 Å². The van der Waals surface area contributed by atoms with E-state index in [1.165, 1.54) is 20.0 Å². The molecule has 0 atom stereocenters. The van der Waals surface area contributed by atoms with E-state index in [1.54, 1.807) is 30.0 Å². The van der Waals surface area contributed by atoms with Gasteiger partial charge in [0.25, 0.3) is 5.91 Å². The van der Waals surface area contributed by atoms with E-state index in [9.17, 15) is 4.79 Å². The van der Waals surface area contributed by atoms with Crippen molar-refractivity contribution in [2.45, 2.75) is 37.9 Å². The number of thioether (sulfide) groups is 1. The smallest absolute Gasteiger partial charge is 0.255 e. The maximum absolute atomic E-state index is 12.7. The van der Waals surface area contributed by atoms with Crippen molar-refractivity contribution in [3.05, 3.63) is 35.0 Å². The van der Waals surface area contributed by atoms with Gasteiger partial charge in [-0.25, -0.2) is 14.6 Å². The number of nitrogens with one attached hydrogen (secondary N) is 1. The third-order valence-electron chi connectivity index (χ3n) is 5.31. The van der Waals surface area contributed by atoms with Gasteiger partial charge in [-0.2, -0.15) is 5.10 Å². The first kappa shape index (κ1) is 22.7. The Morgan fingerprint density at radius 1 is 1.28 bits per heavy atom. The highest BCUT2D eigenvalue weighted by Gasteiger charge is 2.21. The molecule has 1 aliphatic rings. The van der Waals surface area contributed by atoms with Gasteiger partial charge < -0.3 is 15.0 Å². The van der Waals surface area contributed by atoms with E-state index >= 15 is 0 Å². The Hall–Kier alpha value is -2.52. The van der Waals surface area contributed by atoms with Crippen molar-refractivity contribution in [3.63, 3.8) is 0 Å². The molecule has 170 valence electrons. The molecule has 0 radical (unpaired) electrons. The number of benzene rings is 1. The van der Waals surface area contributed by atoms with E-state index in [2.05, 4.69) is 22.2 Å². The maximum Gasteiger partial charge on any atom is 0.255 e. The van der Waals surface area contributed by atoms with Crippen LogP contribution in [0.15, 0.2) is 29.6 Å². The predicted molar refractivity (Wildman–Crippen MR) is 128 cm³/mol. The van der Waals surface area contributed by atoms with Crippen molar-refractivity contribution in [2.75, 3.05) is 37.4 Å². The molecule has 1 fully saturated rings. The lowest BCUT2D eigenvalue weighted by Crippen LogP contribution is -2.28. The van der Waals surface area contributed by atoms with E-state index in [4.69, 9.17) is 26.3 Å². The summed E-state index contributed by atoms with van der Waals surface area (Å²) in [5.74, 6) is 2.17. The van der Waals surface area contributed by atoms with Crippen LogP contribution in [-0.2, 0) is 6.54 Å². The Morgan fingerprint density at radius 3 is 2.84 bits per heavy atom. The van der Waals surface area contributed by atoms with E-state index in [0.29, 0.717) is 29.4 Å². The molecular weight excluding hydrogens is 448 g/mol. The molecule has 0 aliphatic carbocycles. The van der Waals surface area contributed by atoms with Gasteiger partial charge in [0, 0.05) is 30.4 Å². The monoisotopic (exact) mass is 474 g/mol. The summed E-state index contributed by atoms with van der Waals surface area (Å²) in [6.45, 7) is 5.05. The van der Waals surface area contributed by atoms with Crippen LogP contribution >= 0.6 is 23.4 Å². The molecule has 0 saturated carbocycles. The SMILES string of the molecule is CCCSc1nc(N2CCCC2)c2cnn(CCNC(=O)c3cc(Cl)ccc3OC)c2n1. The molecule has 0 bridgehead atoms. The third kappa shape index (κ3) is 4.94. The number of rotatable bonds is 9. The normalized spacial score (nSPS) is 13.7. The van der Waals surface area contributed by atoms with Crippen molar-refractivity contribution in [3.8, 4) is 5.75 Å². The van der Waals surface area contributed by atoms with Crippen LogP contribution in [0.2, 0.25) is 5.02 Å². The topological polar surface area (TPSA) is 85.2 Å². The lowest BCUT2D eigenvalue weighted by molar-refractivity contribution is 0.0949. The number of ether oxygens (including phenoxy) is 1. The lowest BCUT2D eigenvalue weighted by Gasteiger charge is -2.18. The summed E-state index contributed by atoms with van der Waals surface area (Å²) < 4.78 is 7.11. The maximum atomic E-state index is 12.7. The summed E-state index contributed by atoms with van der Waals surface area (Å²) in [6.07, 6.45) is 5.24. The number of fused-ring (bicyclic) bond motifs is 1. The standard InChI is InChI=1S/C22H27ClN6O2S/c1-3-12-32-22-26-19(28-9-4-5-10-28)17-14-25-29(20(17)27-22)11-8-24-21(30)16-13-15(23)6-7-18(16)31-2/h6-7,13-14H,3-5,8-12H2,1-2H3,(H,24,30). The van der Waals surface area contributed by atoms with E-state index < -0.39 is 0 Å². The number of anilines is 1. The minimum absolute atomic E-state index is 0.243. The van der Waals surface area contributed by atoms with Gasteiger partial charge in [0.1, 0.15) is 11.6 Å². The fourth-order valence-corrected chi connectivity index (χ4v) is 4.60. The summed E-state index contributed by atoms with van der Waals surface area (Å²) in [5.41, 5.74) is 1.21. The minimum Gasteiger partial charge on any atom is -0.496 e. The number of hydrogen-bond acceptors (Lipinski definition) is 7. The van der Waals surface area contributed by atoms with Crippen LogP contribution in [0.5, 0.6) is 5.75 Å². The first-order valence-corrected chi connectivity index (χ1v) is 12.2. The highest BCUT2D eigenvalue weighted by molar-refractivity contribution is 7.99. The zero-order valence-corrected chi connectivity index (χ0v) is 19.9. The molecule has 3 aromatic rings. The number of methoxy groups -OCH3 is 1. The number of aromatic nitrogens is 4. The van der Waals surface area contributed by atoms with Crippen molar-refractivity contribution < 1.29 is 9.53 Å². The molecule has 3 heterocycles. The molecule has 1 saturated heterocycles. The number of hydrogen-bond donors (Lipinski definition) is 1. The Morgan fingerprint density at radius 2 is 2.09 bits per heavy atom. The minimum atomic E-state index is -0.243. The molecule has 0 spiro atoms. The molecule has 1 amide bonds. The predicted octanol–water partition coefficient (Wildman–Crippen LogP) is 4.02. The lowest BCUT2D eigenvalue weighted by atomic mass is 10.2. The second-order valence-corrected chi connectivity index (χ2v) is 9.08. The van der Waals surface area contributed by atoms with Gasteiger partial charge in [-0.1, -0.05) is 30.3 Å². The van der Waals surface area contributed by atoms with E-state index in [-0.39, 0.29) is 5.91 Å². The zero-order chi connectivity index (χ0) is 22.5. The van der Waals surface area contributed by atoms with Crippen LogP contribution in [0.4, 0.5) is 5.82 Å². The first-order valence-electron chi connectivity index (χ1n) is 10.8. The van der Waals surface area contributed by atoms with Crippen LogP contribution in [0.3, 0.4) is 0 Å². The molecule has 2 aromatic heterocycles. The van der Waals surface area contributed by atoms with Crippen LogP contribution < -0.4 is 15.0 Å². The van der Waals surface area contributed by atoms with Gasteiger partial charge in [0.05, 0.1) is 30.8 Å². The van der Waals surface area contributed by atoms with E-state index in [1.807, 2.05) is 10.9 Å². The highest BCUT2D eigenvalue weighted by atomic mass is 35.5. The second-order valence-electron chi connectivity index (χ2n) is 7.58. The fourth-order valence-electron chi connectivity index (χ4n) is 3.74. The van der Waals surface area contributed by atoms with Gasteiger partial charge in [0.2, 0.25) is 0 Å². The first-order chi connectivity index (χ1) is 15.6. The molecule has 1 aliphatic heterocycles. The van der Waals surface area contributed by atoms with Gasteiger partial charge in [-0.05, 0) is 37.5 Å². The molecule has 1 N–H and O–H groups in total. The third-order valence-corrected chi connectivity index (χ3v) is 6.60. The number of carbonyl (C=O) groups excluding carboxylic acids is 1. The van der Waals surface area contributed by atoms with Crippen molar-refractivity contribution in [1.82, 2.24) is 25.1 Å². The van der Waals surface area contributed by atoms with Gasteiger partial charge in [0.15, 0.2) is 10.8 Å². The molecule has 1 aromatic carbocycles. The zero-order valence-electron chi connectivity index (χ0n) is 18.3. The molecule has 32 heavy (non-hydrogen) atoms. The Balaban J connectivity index is 1.52. The number of carbonyl (C=O) groups is 1. The molecule has 10 heteroatoms. The number of amides is 1. The van der Waals surface area contributed by atoms with Crippen LogP contribution in [0.1, 0.15) is 36.5 Å². The number of nitrogens with zero attached hydrogens (tertiary/aromatic N) is 5. The molecular formula is C22H27ClN6O2S. The largest absolute Gasteiger partial charge is 0.496 e. The van der Waals surface area contributed by atoms with Crippen LogP contribution in [0, 0.1) is 0 Å². The van der Waals surface area contributed by atoms with Gasteiger partial charge in [-0.3, -0.25) is 4.79 Å². The summed E-state index contributed by atoms with van der Waals surface area (Å²) >= 11 is 7.71. The van der Waals surface area contributed by atoms with E-state index in [0.717, 1.165) is 47.3 Å². The molecule has 4 rings (SSSR count). The fraction of sp³-hybridized carbons (Fsp3) is 0.455. The molecule has 8 nitrogen and oxygen atoms in total. The Kier molecular flexibility index (Phi) is 7.36. The second kappa shape index (κ2) is 10.4.